The molecule has 24 heavy (non-hydrogen) atoms. The summed E-state index contributed by atoms with van der Waals surface area (Å²) < 4.78 is 27.2. The van der Waals surface area contributed by atoms with Crippen LogP contribution in [0.25, 0.3) is 0 Å². The maximum atomic E-state index is 12.7. The number of likely N-dealkylation sites (N-methyl/N-ethyl adjacent to an activating group) is 1. The molecule has 2 bridgehead atoms. The van der Waals surface area contributed by atoms with E-state index in [4.69, 9.17) is 0 Å². The van der Waals surface area contributed by atoms with Crippen LogP contribution in [0.3, 0.4) is 0 Å². The number of nitrogens with zero attached hydrogens (tertiary/aromatic N) is 1. The van der Waals surface area contributed by atoms with Crippen LogP contribution in [0.15, 0.2) is 35.2 Å². The molecule has 2 N–H and O–H groups in total. The Balaban J connectivity index is 1.64. The van der Waals surface area contributed by atoms with Crippen molar-refractivity contribution in [3.8, 4) is 0 Å². The second-order valence-electron chi connectivity index (χ2n) is 6.87. The summed E-state index contributed by atoms with van der Waals surface area (Å²) in [5.74, 6) is -0.180. The van der Waals surface area contributed by atoms with E-state index in [1.54, 1.807) is 37.1 Å². The number of sulfonamides is 1. The topological polar surface area (TPSA) is 78.5 Å². The zero-order chi connectivity index (χ0) is 17.3. The summed E-state index contributed by atoms with van der Waals surface area (Å²) in [6, 6.07) is 8.50. The van der Waals surface area contributed by atoms with Crippen molar-refractivity contribution in [1.82, 2.24) is 14.9 Å². The van der Waals surface area contributed by atoms with Crippen LogP contribution in [0.5, 0.6) is 0 Å². The van der Waals surface area contributed by atoms with E-state index in [1.165, 1.54) is 25.0 Å². The van der Waals surface area contributed by atoms with Gasteiger partial charge < -0.3 is 10.2 Å². The highest BCUT2D eigenvalue weighted by Gasteiger charge is 2.37. The minimum atomic E-state index is -3.69. The molecule has 1 amide bonds. The van der Waals surface area contributed by atoms with Crippen LogP contribution < -0.4 is 10.0 Å². The smallest absolute Gasteiger partial charge is 0.241 e. The molecule has 2 fully saturated rings. The van der Waals surface area contributed by atoms with E-state index in [9.17, 15) is 13.2 Å². The second-order valence-corrected chi connectivity index (χ2v) is 8.58. The van der Waals surface area contributed by atoms with E-state index < -0.39 is 16.1 Å². The third-order valence-corrected chi connectivity index (χ3v) is 6.66. The maximum Gasteiger partial charge on any atom is 0.241 e. The van der Waals surface area contributed by atoms with Crippen molar-refractivity contribution < 1.29 is 13.2 Å². The van der Waals surface area contributed by atoms with Gasteiger partial charge in [0.05, 0.1) is 10.9 Å². The average Bonchev–Trinajstić information content (AvgIpc) is 2.92. The standard InChI is InChI=1S/C17H25N3O3S/c1-12(19-24(22,23)16-6-4-3-5-7-16)17(21)20(2)15-10-13-8-9-14(11-15)18-13/h3-7,12-15,18-19H,8-11H2,1-2H3. The van der Waals surface area contributed by atoms with Crippen LogP contribution in [-0.4, -0.2) is 50.4 Å². The highest BCUT2D eigenvalue weighted by molar-refractivity contribution is 7.89. The summed E-state index contributed by atoms with van der Waals surface area (Å²) in [7, 11) is -1.91. The van der Waals surface area contributed by atoms with Gasteiger partial charge >= 0.3 is 0 Å². The monoisotopic (exact) mass is 351 g/mol. The lowest BCUT2D eigenvalue weighted by atomic mass is 9.98. The number of carbonyl (C=O) groups excluding carboxylic acids is 1. The molecule has 3 atom stereocenters. The Kier molecular flexibility index (Phi) is 4.94. The molecule has 2 aliphatic rings. The highest BCUT2D eigenvalue weighted by Crippen LogP contribution is 2.29. The molecule has 2 saturated heterocycles. The Hall–Kier alpha value is -1.44. The van der Waals surface area contributed by atoms with Gasteiger partial charge in [-0.25, -0.2) is 8.42 Å². The molecule has 1 aromatic carbocycles. The normalized spacial score (nSPS) is 27.7. The van der Waals surface area contributed by atoms with Gasteiger partial charge in [0.25, 0.3) is 0 Å². The van der Waals surface area contributed by atoms with Crippen LogP contribution in [0.4, 0.5) is 0 Å². The molecule has 3 unspecified atom stereocenters. The molecular weight excluding hydrogens is 326 g/mol. The summed E-state index contributed by atoms with van der Waals surface area (Å²) >= 11 is 0. The molecular formula is C17H25N3O3S. The van der Waals surface area contributed by atoms with Crippen molar-refractivity contribution >= 4 is 15.9 Å². The van der Waals surface area contributed by atoms with Crippen LogP contribution in [-0.2, 0) is 14.8 Å². The van der Waals surface area contributed by atoms with Gasteiger partial charge in [-0.15, -0.1) is 0 Å². The largest absolute Gasteiger partial charge is 0.341 e. The first-order chi connectivity index (χ1) is 11.4. The molecule has 0 aromatic heterocycles. The molecule has 0 radical (unpaired) electrons. The van der Waals surface area contributed by atoms with E-state index in [0.29, 0.717) is 12.1 Å². The van der Waals surface area contributed by atoms with E-state index >= 15 is 0 Å². The summed E-state index contributed by atoms with van der Waals surface area (Å²) in [5, 5.41) is 3.55. The van der Waals surface area contributed by atoms with Crippen LogP contribution in [0.1, 0.15) is 32.6 Å². The highest BCUT2D eigenvalue weighted by atomic mass is 32.2. The van der Waals surface area contributed by atoms with E-state index in [1.807, 2.05) is 0 Å². The maximum absolute atomic E-state index is 12.7. The zero-order valence-electron chi connectivity index (χ0n) is 14.1. The fourth-order valence-corrected chi connectivity index (χ4v) is 5.00. The predicted octanol–water partition coefficient (Wildman–Crippen LogP) is 1.09. The summed E-state index contributed by atoms with van der Waals surface area (Å²) in [4.78, 5) is 14.6. The van der Waals surface area contributed by atoms with Gasteiger partial charge in [-0.2, -0.15) is 4.72 Å². The van der Waals surface area contributed by atoms with E-state index in [-0.39, 0.29) is 16.8 Å². The number of rotatable bonds is 5. The molecule has 0 saturated carbocycles. The number of hydrogen-bond donors (Lipinski definition) is 2. The third kappa shape index (κ3) is 3.63. The number of carbonyl (C=O) groups is 1. The molecule has 6 nitrogen and oxygen atoms in total. The molecule has 132 valence electrons. The lowest BCUT2D eigenvalue weighted by Crippen LogP contribution is -2.53. The van der Waals surface area contributed by atoms with E-state index in [0.717, 1.165) is 12.8 Å². The van der Waals surface area contributed by atoms with Crippen LogP contribution in [0.2, 0.25) is 0 Å². The van der Waals surface area contributed by atoms with E-state index in [2.05, 4.69) is 10.0 Å². The lowest BCUT2D eigenvalue weighted by Gasteiger charge is -2.36. The quantitative estimate of drug-likeness (QED) is 0.833. The SMILES string of the molecule is CC(NS(=O)(=O)c1ccccc1)C(=O)N(C)C1CC2CCC(C1)N2. The van der Waals surface area contributed by atoms with Gasteiger partial charge in [0.1, 0.15) is 0 Å². The molecule has 2 aliphatic heterocycles. The fourth-order valence-electron chi connectivity index (χ4n) is 3.78. The number of piperidine rings is 1. The van der Waals surface area contributed by atoms with Crippen molar-refractivity contribution in [2.24, 2.45) is 0 Å². The Bertz CT molecular complexity index is 680. The van der Waals surface area contributed by atoms with Gasteiger partial charge in [0.2, 0.25) is 15.9 Å². The second kappa shape index (κ2) is 6.82. The molecule has 2 heterocycles. The first-order valence-corrected chi connectivity index (χ1v) is 9.95. The van der Waals surface area contributed by atoms with Gasteiger partial charge in [-0.05, 0) is 44.7 Å². The predicted molar refractivity (Wildman–Crippen MR) is 92.0 cm³/mol. The average molecular weight is 351 g/mol. The number of amides is 1. The Morgan fingerprint density at radius 2 is 1.79 bits per heavy atom. The molecule has 7 heteroatoms. The summed E-state index contributed by atoms with van der Waals surface area (Å²) in [6.45, 7) is 1.61. The van der Waals surface area contributed by atoms with Crippen LogP contribution >= 0.6 is 0 Å². The van der Waals surface area contributed by atoms with Crippen molar-refractivity contribution in [2.45, 2.75) is 61.7 Å². The minimum absolute atomic E-state index is 0.173. The number of hydrogen-bond acceptors (Lipinski definition) is 4. The molecule has 0 spiro atoms. The van der Waals surface area contributed by atoms with Gasteiger partial charge in [0.15, 0.2) is 0 Å². The van der Waals surface area contributed by atoms with Crippen molar-refractivity contribution in [2.75, 3.05) is 7.05 Å². The van der Waals surface area contributed by atoms with Gasteiger partial charge in [0, 0.05) is 25.2 Å². The molecule has 3 rings (SSSR count). The first-order valence-electron chi connectivity index (χ1n) is 8.47. The number of fused-ring (bicyclic) bond motifs is 2. The molecule has 1 aromatic rings. The number of nitrogens with one attached hydrogen (secondary N) is 2. The Morgan fingerprint density at radius 1 is 1.21 bits per heavy atom. The van der Waals surface area contributed by atoms with Crippen LogP contribution in [0, 0.1) is 0 Å². The van der Waals surface area contributed by atoms with Gasteiger partial charge in [-0.1, -0.05) is 18.2 Å². The Morgan fingerprint density at radius 3 is 2.38 bits per heavy atom. The lowest BCUT2D eigenvalue weighted by molar-refractivity contribution is -0.134. The van der Waals surface area contributed by atoms with Crippen molar-refractivity contribution in [3.05, 3.63) is 30.3 Å². The number of benzene rings is 1. The Labute approximate surface area is 143 Å². The molecule has 0 aliphatic carbocycles. The minimum Gasteiger partial charge on any atom is -0.341 e. The zero-order valence-corrected chi connectivity index (χ0v) is 14.9. The first kappa shape index (κ1) is 17.4. The summed E-state index contributed by atoms with van der Waals surface area (Å²) in [5.41, 5.74) is 0. The van der Waals surface area contributed by atoms with Gasteiger partial charge in [-0.3, -0.25) is 4.79 Å². The third-order valence-electron chi connectivity index (χ3n) is 5.10. The van der Waals surface area contributed by atoms with Crippen molar-refractivity contribution in [3.63, 3.8) is 0 Å². The van der Waals surface area contributed by atoms with Crippen molar-refractivity contribution in [1.29, 1.82) is 0 Å². The fraction of sp³-hybridized carbons (Fsp3) is 0.588. The summed E-state index contributed by atoms with van der Waals surface area (Å²) in [6.07, 6.45) is 4.21.